The third-order valence-corrected chi connectivity index (χ3v) is 4.92. The lowest BCUT2D eigenvalue weighted by molar-refractivity contribution is 0.324. The third-order valence-electron chi connectivity index (χ3n) is 4.06. The van der Waals surface area contributed by atoms with E-state index in [-0.39, 0.29) is 0 Å². The fraction of sp³-hybridized carbons (Fsp3) is 0.500. The van der Waals surface area contributed by atoms with Crippen molar-refractivity contribution in [2.75, 3.05) is 27.9 Å². The summed E-state index contributed by atoms with van der Waals surface area (Å²) in [5.41, 5.74) is 2.09. The molecule has 7 nitrogen and oxygen atoms in total. The number of aromatic nitrogens is 1. The topological polar surface area (TPSA) is 77.0 Å². The Morgan fingerprint density at radius 1 is 1.11 bits per heavy atom. The van der Waals surface area contributed by atoms with Gasteiger partial charge < -0.3 is 24.8 Å². The first-order valence-corrected chi connectivity index (χ1v) is 10.2. The summed E-state index contributed by atoms with van der Waals surface area (Å²) >= 11 is 1.66. The summed E-state index contributed by atoms with van der Waals surface area (Å²) in [4.78, 5) is 9.32. The van der Waals surface area contributed by atoms with Gasteiger partial charge in [-0.3, -0.25) is 0 Å². The molecule has 2 rings (SSSR count). The molecule has 2 aromatic rings. The molecule has 0 spiro atoms. The summed E-state index contributed by atoms with van der Waals surface area (Å²) < 4.78 is 16.2. The minimum atomic E-state index is 0.437. The molecule has 0 radical (unpaired) electrons. The molecule has 154 valence electrons. The van der Waals surface area contributed by atoms with E-state index in [2.05, 4.69) is 39.8 Å². The summed E-state index contributed by atoms with van der Waals surface area (Å²) in [7, 11) is 4.81. The van der Waals surface area contributed by atoms with Crippen molar-refractivity contribution in [2.24, 2.45) is 4.99 Å². The molecule has 0 amide bonds. The molecule has 1 aromatic carbocycles. The number of ether oxygens (including phenoxy) is 3. The highest BCUT2D eigenvalue weighted by Crippen LogP contribution is 2.38. The number of rotatable bonds is 9. The van der Waals surface area contributed by atoms with Crippen molar-refractivity contribution in [1.29, 1.82) is 0 Å². The maximum Gasteiger partial charge on any atom is 0.203 e. The van der Waals surface area contributed by atoms with E-state index in [0.29, 0.717) is 36.3 Å². The van der Waals surface area contributed by atoms with Crippen LogP contribution in [0.25, 0.3) is 0 Å². The van der Waals surface area contributed by atoms with Crippen molar-refractivity contribution in [3.05, 3.63) is 33.8 Å². The Kier molecular flexibility index (Phi) is 8.38. The van der Waals surface area contributed by atoms with Gasteiger partial charge in [0.15, 0.2) is 17.5 Å². The first kappa shape index (κ1) is 21.8. The lowest BCUT2D eigenvalue weighted by Crippen LogP contribution is -2.36. The number of thiazole rings is 1. The van der Waals surface area contributed by atoms with Crippen LogP contribution in [0.2, 0.25) is 0 Å². The zero-order chi connectivity index (χ0) is 20.5. The molecule has 0 saturated heterocycles. The SMILES string of the molecule is CCNC(=NCc1cc(OC)c(OC)c(OC)c1)NCc1nc(C(C)C)cs1. The number of methoxy groups -OCH3 is 3. The molecule has 0 bridgehead atoms. The molecule has 28 heavy (non-hydrogen) atoms. The summed E-state index contributed by atoms with van der Waals surface area (Å²) in [6, 6.07) is 3.81. The highest BCUT2D eigenvalue weighted by atomic mass is 32.1. The van der Waals surface area contributed by atoms with Crippen LogP contribution < -0.4 is 24.8 Å². The Labute approximate surface area is 171 Å². The van der Waals surface area contributed by atoms with Gasteiger partial charge in [-0.1, -0.05) is 13.8 Å². The van der Waals surface area contributed by atoms with Gasteiger partial charge in [-0.15, -0.1) is 11.3 Å². The van der Waals surface area contributed by atoms with E-state index in [1.165, 1.54) is 0 Å². The Hall–Kier alpha value is -2.48. The van der Waals surface area contributed by atoms with Gasteiger partial charge in [0.25, 0.3) is 0 Å². The van der Waals surface area contributed by atoms with Crippen LogP contribution in [-0.4, -0.2) is 38.8 Å². The first-order chi connectivity index (χ1) is 13.5. The van der Waals surface area contributed by atoms with E-state index in [9.17, 15) is 0 Å². The highest BCUT2D eigenvalue weighted by molar-refractivity contribution is 7.09. The molecule has 1 heterocycles. The maximum atomic E-state index is 5.41. The number of aliphatic imine (C=N–C) groups is 1. The molecule has 0 aliphatic carbocycles. The number of nitrogens with one attached hydrogen (secondary N) is 2. The number of guanidine groups is 1. The Morgan fingerprint density at radius 2 is 1.79 bits per heavy atom. The summed E-state index contributed by atoms with van der Waals surface area (Å²) in [6.45, 7) is 8.22. The maximum absolute atomic E-state index is 5.41. The Bertz CT molecular complexity index is 765. The van der Waals surface area contributed by atoms with Gasteiger partial charge in [0.05, 0.1) is 40.1 Å². The average molecular weight is 407 g/mol. The monoisotopic (exact) mass is 406 g/mol. The zero-order valence-corrected chi connectivity index (χ0v) is 18.3. The van der Waals surface area contributed by atoms with Gasteiger partial charge >= 0.3 is 0 Å². The second-order valence-corrected chi connectivity index (χ2v) is 7.35. The van der Waals surface area contributed by atoms with Gasteiger partial charge in [-0.05, 0) is 30.5 Å². The van der Waals surface area contributed by atoms with Crippen molar-refractivity contribution in [2.45, 2.75) is 39.8 Å². The van der Waals surface area contributed by atoms with Gasteiger partial charge in [-0.2, -0.15) is 0 Å². The largest absolute Gasteiger partial charge is 0.493 e. The van der Waals surface area contributed by atoms with E-state index in [1.54, 1.807) is 32.7 Å². The normalized spacial score (nSPS) is 11.5. The quantitative estimate of drug-likeness (QED) is 0.490. The van der Waals surface area contributed by atoms with Gasteiger partial charge in [0.1, 0.15) is 5.01 Å². The van der Waals surface area contributed by atoms with E-state index in [4.69, 9.17) is 14.2 Å². The van der Waals surface area contributed by atoms with E-state index >= 15 is 0 Å². The van der Waals surface area contributed by atoms with E-state index in [1.807, 2.05) is 19.1 Å². The van der Waals surface area contributed by atoms with Crippen LogP contribution in [-0.2, 0) is 13.1 Å². The molecule has 2 N–H and O–H groups in total. The molecule has 1 aromatic heterocycles. The smallest absolute Gasteiger partial charge is 0.203 e. The molecule has 0 aliphatic rings. The second kappa shape index (κ2) is 10.8. The fourth-order valence-corrected chi connectivity index (χ4v) is 3.46. The number of hydrogen-bond donors (Lipinski definition) is 2. The summed E-state index contributed by atoms with van der Waals surface area (Å²) in [6.07, 6.45) is 0. The van der Waals surface area contributed by atoms with Gasteiger partial charge in [0, 0.05) is 11.9 Å². The molecule has 0 unspecified atom stereocenters. The van der Waals surface area contributed by atoms with Crippen LogP contribution in [0.15, 0.2) is 22.5 Å². The van der Waals surface area contributed by atoms with Gasteiger partial charge in [0.2, 0.25) is 5.75 Å². The molecular weight excluding hydrogens is 376 g/mol. The average Bonchev–Trinajstić information content (AvgIpc) is 3.18. The lowest BCUT2D eigenvalue weighted by Gasteiger charge is -2.14. The van der Waals surface area contributed by atoms with Crippen LogP contribution in [0.1, 0.15) is 43.0 Å². The standard InChI is InChI=1S/C20H30N4O3S/c1-7-21-20(23-11-18-24-15(12-28-18)13(2)3)22-10-14-8-16(25-4)19(27-6)17(9-14)26-5/h8-9,12-13H,7,10-11H2,1-6H3,(H2,21,22,23). The van der Waals surface area contributed by atoms with Crippen molar-refractivity contribution in [3.8, 4) is 17.2 Å². The van der Waals surface area contributed by atoms with Crippen molar-refractivity contribution in [3.63, 3.8) is 0 Å². The number of benzene rings is 1. The van der Waals surface area contributed by atoms with Crippen LogP contribution in [0, 0.1) is 0 Å². The Morgan fingerprint density at radius 3 is 2.29 bits per heavy atom. The van der Waals surface area contributed by atoms with Crippen molar-refractivity contribution < 1.29 is 14.2 Å². The lowest BCUT2D eigenvalue weighted by atomic mass is 10.2. The summed E-state index contributed by atoms with van der Waals surface area (Å²) in [5.74, 6) is 2.99. The predicted molar refractivity (Wildman–Crippen MR) is 114 cm³/mol. The van der Waals surface area contributed by atoms with Crippen molar-refractivity contribution in [1.82, 2.24) is 15.6 Å². The molecule has 0 aliphatic heterocycles. The van der Waals surface area contributed by atoms with Crippen molar-refractivity contribution >= 4 is 17.3 Å². The van der Waals surface area contributed by atoms with Crippen LogP contribution in [0.3, 0.4) is 0 Å². The van der Waals surface area contributed by atoms with Crippen LogP contribution in [0.5, 0.6) is 17.2 Å². The molecule has 0 atom stereocenters. The third kappa shape index (κ3) is 5.76. The van der Waals surface area contributed by atoms with E-state index in [0.717, 1.165) is 28.8 Å². The molecular formula is C20H30N4O3S. The van der Waals surface area contributed by atoms with Gasteiger partial charge in [-0.25, -0.2) is 9.98 Å². The zero-order valence-electron chi connectivity index (χ0n) is 17.5. The van der Waals surface area contributed by atoms with E-state index < -0.39 is 0 Å². The molecule has 0 fully saturated rings. The second-order valence-electron chi connectivity index (χ2n) is 6.40. The number of hydrogen-bond acceptors (Lipinski definition) is 6. The highest BCUT2D eigenvalue weighted by Gasteiger charge is 2.13. The predicted octanol–water partition coefficient (Wildman–Crippen LogP) is 3.55. The van der Waals surface area contributed by atoms with Crippen LogP contribution >= 0.6 is 11.3 Å². The Balaban J connectivity index is 2.11. The summed E-state index contributed by atoms with van der Waals surface area (Å²) in [5, 5.41) is 9.76. The fourth-order valence-electron chi connectivity index (χ4n) is 2.57. The van der Waals surface area contributed by atoms with Crippen LogP contribution in [0.4, 0.5) is 0 Å². The molecule has 8 heteroatoms. The molecule has 0 saturated carbocycles. The minimum absolute atomic E-state index is 0.437. The minimum Gasteiger partial charge on any atom is -0.493 e. The first-order valence-electron chi connectivity index (χ1n) is 9.27. The number of nitrogens with zero attached hydrogens (tertiary/aromatic N) is 2.